The van der Waals surface area contributed by atoms with E-state index in [2.05, 4.69) is 54.7 Å². The molecule has 146 valence electrons. The highest BCUT2D eigenvalue weighted by molar-refractivity contribution is 5.49. The van der Waals surface area contributed by atoms with E-state index >= 15 is 0 Å². The van der Waals surface area contributed by atoms with Crippen molar-refractivity contribution in [2.24, 2.45) is 0 Å². The van der Waals surface area contributed by atoms with Crippen LogP contribution in [0.4, 0.5) is 5.69 Å². The van der Waals surface area contributed by atoms with Gasteiger partial charge in [-0.05, 0) is 30.2 Å². The SMILES string of the molecule is CCCCOc1cccc(NCc2ccccc2OCCc2ccccc2)c1. The fraction of sp³-hybridized carbons (Fsp3) is 0.280. The van der Waals surface area contributed by atoms with Crippen molar-refractivity contribution in [2.75, 3.05) is 18.5 Å². The second-order valence-electron chi connectivity index (χ2n) is 6.78. The Morgan fingerprint density at radius 1 is 0.786 bits per heavy atom. The van der Waals surface area contributed by atoms with Crippen LogP contribution in [0.1, 0.15) is 30.9 Å². The van der Waals surface area contributed by atoms with Gasteiger partial charge in [0.25, 0.3) is 0 Å². The van der Waals surface area contributed by atoms with E-state index in [1.165, 1.54) is 5.56 Å². The van der Waals surface area contributed by atoms with Gasteiger partial charge >= 0.3 is 0 Å². The number of unbranched alkanes of at least 4 members (excludes halogenated alkanes) is 1. The Bertz CT molecular complexity index is 833. The van der Waals surface area contributed by atoms with Gasteiger partial charge in [0.2, 0.25) is 0 Å². The Labute approximate surface area is 168 Å². The lowest BCUT2D eigenvalue weighted by molar-refractivity contribution is 0.309. The summed E-state index contributed by atoms with van der Waals surface area (Å²) in [6, 6.07) is 26.8. The van der Waals surface area contributed by atoms with Gasteiger partial charge in [0.05, 0.1) is 13.2 Å². The van der Waals surface area contributed by atoms with Crippen LogP contribution in [-0.2, 0) is 13.0 Å². The van der Waals surface area contributed by atoms with Gasteiger partial charge in [0, 0.05) is 30.3 Å². The molecule has 0 radical (unpaired) electrons. The molecule has 3 heteroatoms. The van der Waals surface area contributed by atoms with Crippen LogP contribution >= 0.6 is 0 Å². The summed E-state index contributed by atoms with van der Waals surface area (Å²) in [6.07, 6.45) is 3.12. The highest BCUT2D eigenvalue weighted by Gasteiger charge is 2.04. The Morgan fingerprint density at radius 2 is 1.61 bits per heavy atom. The van der Waals surface area contributed by atoms with E-state index in [1.54, 1.807) is 0 Å². The molecule has 28 heavy (non-hydrogen) atoms. The Hall–Kier alpha value is -2.94. The predicted octanol–water partition coefficient (Wildman–Crippen LogP) is 6.10. The third kappa shape index (κ3) is 6.34. The van der Waals surface area contributed by atoms with Gasteiger partial charge in [-0.25, -0.2) is 0 Å². The first-order chi connectivity index (χ1) is 13.8. The number of para-hydroxylation sites is 1. The molecule has 0 saturated heterocycles. The molecule has 0 unspecified atom stereocenters. The minimum absolute atomic E-state index is 0.668. The molecule has 0 aromatic heterocycles. The van der Waals surface area contributed by atoms with Gasteiger partial charge < -0.3 is 14.8 Å². The molecule has 0 aliphatic heterocycles. The first kappa shape index (κ1) is 19.8. The smallest absolute Gasteiger partial charge is 0.124 e. The summed E-state index contributed by atoms with van der Waals surface area (Å²) in [4.78, 5) is 0. The molecular formula is C25H29NO2. The van der Waals surface area contributed by atoms with Crippen LogP contribution in [0.2, 0.25) is 0 Å². The van der Waals surface area contributed by atoms with Gasteiger partial charge in [-0.2, -0.15) is 0 Å². The molecular weight excluding hydrogens is 346 g/mol. The molecule has 0 heterocycles. The molecule has 3 nitrogen and oxygen atoms in total. The Kier molecular flexibility index (Phi) is 7.80. The topological polar surface area (TPSA) is 30.5 Å². The van der Waals surface area contributed by atoms with Crippen molar-refractivity contribution >= 4 is 5.69 Å². The minimum atomic E-state index is 0.668. The fourth-order valence-electron chi connectivity index (χ4n) is 2.94. The van der Waals surface area contributed by atoms with Crippen LogP contribution < -0.4 is 14.8 Å². The highest BCUT2D eigenvalue weighted by atomic mass is 16.5. The van der Waals surface area contributed by atoms with E-state index in [4.69, 9.17) is 9.47 Å². The molecule has 0 atom stereocenters. The number of ether oxygens (including phenoxy) is 2. The van der Waals surface area contributed by atoms with Crippen LogP contribution in [0.5, 0.6) is 11.5 Å². The monoisotopic (exact) mass is 375 g/mol. The molecule has 1 N–H and O–H groups in total. The fourth-order valence-corrected chi connectivity index (χ4v) is 2.94. The molecule has 3 rings (SSSR count). The van der Waals surface area contributed by atoms with Crippen molar-refractivity contribution in [3.8, 4) is 11.5 Å². The van der Waals surface area contributed by atoms with E-state index in [9.17, 15) is 0 Å². The molecule has 0 bridgehead atoms. The summed E-state index contributed by atoms with van der Waals surface area (Å²) in [7, 11) is 0. The maximum Gasteiger partial charge on any atom is 0.124 e. The zero-order chi connectivity index (χ0) is 19.4. The van der Waals surface area contributed by atoms with Gasteiger partial charge in [0.15, 0.2) is 0 Å². The van der Waals surface area contributed by atoms with Gasteiger partial charge in [-0.1, -0.05) is 67.9 Å². The number of rotatable bonds is 11. The molecule has 0 aliphatic carbocycles. The van der Waals surface area contributed by atoms with E-state index < -0.39 is 0 Å². The summed E-state index contributed by atoms with van der Waals surface area (Å²) in [6.45, 7) is 4.31. The van der Waals surface area contributed by atoms with E-state index in [-0.39, 0.29) is 0 Å². The molecule has 0 fully saturated rings. The number of hydrogen-bond acceptors (Lipinski definition) is 3. The second-order valence-corrected chi connectivity index (χ2v) is 6.78. The molecule has 0 amide bonds. The van der Waals surface area contributed by atoms with Gasteiger partial charge in [-0.15, -0.1) is 0 Å². The first-order valence-electron chi connectivity index (χ1n) is 10.1. The lowest BCUT2D eigenvalue weighted by Crippen LogP contribution is -2.06. The lowest BCUT2D eigenvalue weighted by Gasteiger charge is -2.14. The maximum atomic E-state index is 6.05. The summed E-state index contributed by atoms with van der Waals surface area (Å²) >= 11 is 0. The van der Waals surface area contributed by atoms with E-state index in [1.807, 2.05) is 36.4 Å². The minimum Gasteiger partial charge on any atom is -0.494 e. The van der Waals surface area contributed by atoms with Crippen LogP contribution in [0, 0.1) is 0 Å². The first-order valence-corrected chi connectivity index (χ1v) is 10.1. The van der Waals surface area contributed by atoms with Crippen molar-refractivity contribution in [3.63, 3.8) is 0 Å². The lowest BCUT2D eigenvalue weighted by atomic mass is 10.1. The average Bonchev–Trinajstić information content (AvgIpc) is 2.74. The molecule has 0 saturated carbocycles. The van der Waals surface area contributed by atoms with Gasteiger partial charge in [0.1, 0.15) is 11.5 Å². The standard InChI is InChI=1S/C25H29NO2/c1-2-3-17-27-24-14-9-13-23(19-24)26-20-22-12-7-8-15-25(22)28-18-16-21-10-5-4-6-11-21/h4-15,19,26H,2-3,16-18,20H2,1H3. The number of benzene rings is 3. The quantitative estimate of drug-likeness (QED) is 0.411. The third-order valence-corrected chi connectivity index (χ3v) is 4.55. The van der Waals surface area contributed by atoms with Crippen molar-refractivity contribution in [3.05, 3.63) is 90.0 Å². The van der Waals surface area contributed by atoms with Crippen molar-refractivity contribution in [1.29, 1.82) is 0 Å². The van der Waals surface area contributed by atoms with Crippen molar-refractivity contribution in [2.45, 2.75) is 32.7 Å². The van der Waals surface area contributed by atoms with Crippen LogP contribution in [0.15, 0.2) is 78.9 Å². The number of nitrogens with one attached hydrogen (secondary N) is 1. The number of hydrogen-bond donors (Lipinski definition) is 1. The molecule has 0 spiro atoms. The summed E-state index contributed by atoms with van der Waals surface area (Å²) in [5, 5.41) is 3.48. The summed E-state index contributed by atoms with van der Waals surface area (Å²) in [5.74, 6) is 1.84. The van der Waals surface area contributed by atoms with Crippen molar-refractivity contribution in [1.82, 2.24) is 0 Å². The molecule has 3 aromatic rings. The molecule has 0 aliphatic rings. The normalized spacial score (nSPS) is 10.5. The zero-order valence-electron chi connectivity index (χ0n) is 16.6. The van der Waals surface area contributed by atoms with Crippen molar-refractivity contribution < 1.29 is 9.47 Å². The molecule has 3 aromatic carbocycles. The summed E-state index contributed by atoms with van der Waals surface area (Å²) < 4.78 is 11.8. The predicted molar refractivity (Wildman–Crippen MR) is 116 cm³/mol. The highest BCUT2D eigenvalue weighted by Crippen LogP contribution is 2.22. The number of anilines is 1. The van der Waals surface area contributed by atoms with E-state index in [0.717, 1.165) is 48.6 Å². The van der Waals surface area contributed by atoms with Crippen LogP contribution in [0.3, 0.4) is 0 Å². The maximum absolute atomic E-state index is 6.05. The Morgan fingerprint density at radius 3 is 2.46 bits per heavy atom. The summed E-state index contributed by atoms with van der Waals surface area (Å²) in [5.41, 5.74) is 3.49. The van der Waals surface area contributed by atoms with Crippen LogP contribution in [0.25, 0.3) is 0 Å². The van der Waals surface area contributed by atoms with E-state index in [0.29, 0.717) is 13.2 Å². The zero-order valence-corrected chi connectivity index (χ0v) is 16.6. The third-order valence-electron chi connectivity index (χ3n) is 4.55. The average molecular weight is 376 g/mol. The van der Waals surface area contributed by atoms with Crippen LogP contribution in [-0.4, -0.2) is 13.2 Å². The second kappa shape index (κ2) is 11.0. The van der Waals surface area contributed by atoms with Gasteiger partial charge in [-0.3, -0.25) is 0 Å². The largest absolute Gasteiger partial charge is 0.494 e. The Balaban J connectivity index is 1.54.